The summed E-state index contributed by atoms with van der Waals surface area (Å²) >= 11 is 0. The Kier molecular flexibility index (Phi) is 5.45. The number of carbonyl (C=O) groups excluding carboxylic acids is 1. The van der Waals surface area contributed by atoms with Crippen molar-refractivity contribution in [3.63, 3.8) is 0 Å². The summed E-state index contributed by atoms with van der Waals surface area (Å²) in [7, 11) is 0. The van der Waals surface area contributed by atoms with Crippen LogP contribution in [0.3, 0.4) is 0 Å². The van der Waals surface area contributed by atoms with Gasteiger partial charge in [0.25, 0.3) is 5.56 Å². The first-order valence-electron chi connectivity index (χ1n) is 7.44. The first kappa shape index (κ1) is 18.5. The van der Waals surface area contributed by atoms with Gasteiger partial charge in [0.1, 0.15) is 6.54 Å². The van der Waals surface area contributed by atoms with Crippen LogP contribution in [0.25, 0.3) is 11.3 Å². The SMILES string of the molecule is CC(C)(C)NC(=O)Cn1nc(-c2ccc(OC(F)F)nc2)ccc1=O. The van der Waals surface area contributed by atoms with E-state index in [1.54, 1.807) is 0 Å². The maximum atomic E-state index is 12.1. The highest BCUT2D eigenvalue weighted by molar-refractivity contribution is 5.76. The van der Waals surface area contributed by atoms with Crippen LogP contribution in [0.4, 0.5) is 8.78 Å². The van der Waals surface area contributed by atoms with Gasteiger partial charge in [0.15, 0.2) is 0 Å². The van der Waals surface area contributed by atoms with Gasteiger partial charge in [0.05, 0.1) is 5.69 Å². The number of nitrogens with one attached hydrogen (secondary N) is 1. The zero-order valence-corrected chi connectivity index (χ0v) is 14.0. The van der Waals surface area contributed by atoms with Crippen molar-refractivity contribution in [1.82, 2.24) is 20.1 Å². The van der Waals surface area contributed by atoms with E-state index >= 15 is 0 Å². The number of rotatable bonds is 5. The smallest absolute Gasteiger partial charge is 0.388 e. The van der Waals surface area contributed by atoms with Gasteiger partial charge >= 0.3 is 6.61 Å². The predicted molar refractivity (Wildman–Crippen MR) is 86.3 cm³/mol. The second kappa shape index (κ2) is 7.37. The molecular weight excluding hydrogens is 334 g/mol. The molecule has 0 atom stereocenters. The molecule has 2 aromatic heterocycles. The van der Waals surface area contributed by atoms with Crippen LogP contribution in [0.15, 0.2) is 35.3 Å². The average molecular weight is 352 g/mol. The fraction of sp³-hybridized carbons (Fsp3) is 0.375. The lowest BCUT2D eigenvalue weighted by molar-refractivity contribution is -0.123. The molecule has 0 saturated carbocycles. The number of hydrogen-bond donors (Lipinski definition) is 1. The maximum Gasteiger partial charge on any atom is 0.388 e. The molecular formula is C16H18F2N4O3. The van der Waals surface area contributed by atoms with E-state index in [1.165, 1.54) is 30.5 Å². The van der Waals surface area contributed by atoms with Crippen molar-refractivity contribution in [2.75, 3.05) is 0 Å². The lowest BCUT2D eigenvalue weighted by Gasteiger charge is -2.20. The molecule has 0 radical (unpaired) electrons. The van der Waals surface area contributed by atoms with E-state index in [-0.39, 0.29) is 18.3 Å². The summed E-state index contributed by atoms with van der Waals surface area (Å²) in [4.78, 5) is 27.6. The summed E-state index contributed by atoms with van der Waals surface area (Å²) in [5, 5.41) is 6.86. The molecule has 0 aliphatic rings. The number of aromatic nitrogens is 3. The number of ether oxygens (including phenoxy) is 1. The van der Waals surface area contributed by atoms with Crippen LogP contribution in [0.5, 0.6) is 5.88 Å². The molecule has 134 valence electrons. The van der Waals surface area contributed by atoms with Gasteiger partial charge in [-0.3, -0.25) is 9.59 Å². The topological polar surface area (TPSA) is 86.1 Å². The lowest BCUT2D eigenvalue weighted by Crippen LogP contribution is -2.43. The quantitative estimate of drug-likeness (QED) is 0.887. The van der Waals surface area contributed by atoms with Gasteiger partial charge in [0.2, 0.25) is 11.8 Å². The summed E-state index contributed by atoms with van der Waals surface area (Å²) in [5.41, 5.74) is 0.00669. The Morgan fingerprint density at radius 1 is 1.28 bits per heavy atom. The number of alkyl halides is 2. The highest BCUT2D eigenvalue weighted by atomic mass is 19.3. The molecule has 0 fully saturated rings. The Labute approximate surface area is 142 Å². The normalized spacial score (nSPS) is 11.4. The van der Waals surface area contributed by atoms with E-state index in [0.717, 1.165) is 4.68 Å². The Bertz CT molecular complexity index is 798. The molecule has 0 saturated heterocycles. The molecule has 25 heavy (non-hydrogen) atoms. The van der Waals surface area contributed by atoms with Crippen LogP contribution in [-0.4, -0.2) is 32.8 Å². The molecule has 0 bridgehead atoms. The summed E-state index contributed by atoms with van der Waals surface area (Å²) in [6.45, 7) is 2.29. The number of hydrogen-bond acceptors (Lipinski definition) is 5. The molecule has 2 aromatic rings. The predicted octanol–water partition coefficient (Wildman–Crippen LogP) is 1.82. The zero-order chi connectivity index (χ0) is 18.6. The monoisotopic (exact) mass is 352 g/mol. The van der Waals surface area contributed by atoms with Gasteiger partial charge < -0.3 is 10.1 Å². The molecule has 1 amide bonds. The molecule has 1 N–H and O–H groups in total. The molecule has 9 heteroatoms. The first-order chi connectivity index (χ1) is 11.6. The highest BCUT2D eigenvalue weighted by Crippen LogP contribution is 2.18. The zero-order valence-electron chi connectivity index (χ0n) is 14.0. The molecule has 0 spiro atoms. The number of pyridine rings is 1. The Morgan fingerprint density at radius 2 is 2.00 bits per heavy atom. The van der Waals surface area contributed by atoms with E-state index in [4.69, 9.17) is 0 Å². The van der Waals surface area contributed by atoms with Crippen LogP contribution in [0.1, 0.15) is 20.8 Å². The molecule has 0 aliphatic heterocycles. The third kappa shape index (κ3) is 5.63. The van der Waals surface area contributed by atoms with Crippen LogP contribution in [0.2, 0.25) is 0 Å². The van der Waals surface area contributed by atoms with Gasteiger partial charge in [-0.2, -0.15) is 13.9 Å². The largest absolute Gasteiger partial charge is 0.417 e. The van der Waals surface area contributed by atoms with Crippen LogP contribution >= 0.6 is 0 Å². The van der Waals surface area contributed by atoms with Gasteiger partial charge in [-0.05, 0) is 32.9 Å². The summed E-state index contributed by atoms with van der Waals surface area (Å²) in [6, 6.07) is 5.49. The second-order valence-electron chi connectivity index (χ2n) is 6.28. The first-order valence-corrected chi connectivity index (χ1v) is 7.44. The number of nitrogens with zero attached hydrogens (tertiary/aromatic N) is 3. The lowest BCUT2D eigenvalue weighted by atomic mass is 10.1. The van der Waals surface area contributed by atoms with E-state index < -0.39 is 17.7 Å². The fourth-order valence-electron chi connectivity index (χ4n) is 2.00. The average Bonchev–Trinajstić information content (AvgIpc) is 2.48. The molecule has 2 heterocycles. The van der Waals surface area contributed by atoms with Crippen molar-refractivity contribution in [1.29, 1.82) is 0 Å². The van der Waals surface area contributed by atoms with Gasteiger partial charge in [-0.25, -0.2) is 9.67 Å². The Hall–Kier alpha value is -2.84. The van der Waals surface area contributed by atoms with Crippen molar-refractivity contribution in [3.05, 3.63) is 40.8 Å². The standard InChI is InChI=1S/C16H18F2N4O3/c1-16(2,3)20-12(23)9-22-14(24)7-5-11(21-22)10-4-6-13(19-8-10)25-15(17)18/h4-8,15H,9H2,1-3H3,(H,20,23). The summed E-state index contributed by atoms with van der Waals surface area (Å²) in [5.74, 6) is -0.574. The molecule has 0 aromatic carbocycles. The minimum atomic E-state index is -2.96. The Balaban J connectivity index is 2.20. The highest BCUT2D eigenvalue weighted by Gasteiger charge is 2.15. The van der Waals surface area contributed by atoms with Gasteiger partial charge in [-0.1, -0.05) is 0 Å². The van der Waals surface area contributed by atoms with Crippen molar-refractivity contribution < 1.29 is 18.3 Å². The summed E-state index contributed by atoms with van der Waals surface area (Å²) in [6.07, 6.45) is 1.30. The third-order valence-corrected chi connectivity index (χ3v) is 2.92. The van der Waals surface area contributed by atoms with Crippen LogP contribution in [0, 0.1) is 0 Å². The third-order valence-electron chi connectivity index (χ3n) is 2.92. The van der Waals surface area contributed by atoms with Crippen LogP contribution in [-0.2, 0) is 11.3 Å². The summed E-state index contributed by atoms with van der Waals surface area (Å²) < 4.78 is 29.5. The van der Waals surface area contributed by atoms with Gasteiger partial charge in [0, 0.05) is 29.4 Å². The molecule has 7 nitrogen and oxygen atoms in total. The van der Waals surface area contributed by atoms with E-state index in [9.17, 15) is 18.4 Å². The van der Waals surface area contributed by atoms with E-state index in [2.05, 4.69) is 20.1 Å². The molecule has 0 aliphatic carbocycles. The molecule has 2 rings (SSSR count). The molecule has 0 unspecified atom stereocenters. The second-order valence-corrected chi connectivity index (χ2v) is 6.28. The Morgan fingerprint density at radius 3 is 2.56 bits per heavy atom. The number of carbonyl (C=O) groups is 1. The fourth-order valence-corrected chi connectivity index (χ4v) is 2.00. The minimum absolute atomic E-state index is 0.225. The number of amides is 1. The van der Waals surface area contributed by atoms with Crippen LogP contribution < -0.4 is 15.6 Å². The van der Waals surface area contributed by atoms with E-state index in [0.29, 0.717) is 11.3 Å². The maximum absolute atomic E-state index is 12.1. The van der Waals surface area contributed by atoms with Crippen molar-refractivity contribution in [2.45, 2.75) is 39.5 Å². The minimum Gasteiger partial charge on any atom is -0.417 e. The van der Waals surface area contributed by atoms with Crippen molar-refractivity contribution in [2.24, 2.45) is 0 Å². The number of halogens is 2. The van der Waals surface area contributed by atoms with Gasteiger partial charge in [-0.15, -0.1) is 0 Å². The van der Waals surface area contributed by atoms with Crippen molar-refractivity contribution in [3.8, 4) is 17.1 Å². The van der Waals surface area contributed by atoms with E-state index in [1.807, 2.05) is 20.8 Å². The van der Waals surface area contributed by atoms with Crippen molar-refractivity contribution >= 4 is 5.91 Å².